The quantitative estimate of drug-likeness (QED) is 0.924. The normalized spacial score (nSPS) is 17.2. The molecule has 0 fully saturated rings. The second-order valence-corrected chi connectivity index (χ2v) is 5.60. The first kappa shape index (κ1) is 14.2. The summed E-state index contributed by atoms with van der Waals surface area (Å²) in [5.74, 6) is -0.0488. The van der Waals surface area contributed by atoms with Crippen LogP contribution in [0.25, 0.3) is 0 Å². The Morgan fingerprint density at radius 1 is 1.27 bits per heavy atom. The van der Waals surface area contributed by atoms with Gasteiger partial charge in [-0.15, -0.1) is 0 Å². The third-order valence-corrected chi connectivity index (χ3v) is 3.87. The molecule has 2 aromatic carbocycles. The smallest absolute Gasteiger partial charge is 0.229 e. The lowest BCUT2D eigenvalue weighted by Gasteiger charge is -2.25. The number of carbonyl (C=O) groups excluding carboxylic acids is 1. The molecule has 0 radical (unpaired) electrons. The number of nitrogens with one attached hydrogen (secondary N) is 1. The minimum Gasteiger partial charge on any atom is -0.365 e. The predicted octanol–water partition coefficient (Wildman–Crippen LogP) is 3.15. The molecular weight excluding hydrogens is 274 g/mol. The van der Waals surface area contributed by atoms with Crippen LogP contribution >= 0.6 is 0 Å². The Morgan fingerprint density at radius 3 is 2.91 bits per heavy atom. The first-order valence-electron chi connectivity index (χ1n) is 7.31. The number of para-hydroxylation sites is 2. The molecule has 3 rings (SSSR count). The Morgan fingerprint density at radius 2 is 2.09 bits per heavy atom. The monoisotopic (exact) mass is 291 g/mol. The molecule has 0 saturated carbocycles. The van der Waals surface area contributed by atoms with Crippen molar-refractivity contribution in [2.45, 2.75) is 13.5 Å². The summed E-state index contributed by atoms with van der Waals surface area (Å²) in [6.45, 7) is 3.26. The van der Waals surface area contributed by atoms with E-state index in [4.69, 9.17) is 5.26 Å². The van der Waals surface area contributed by atoms with Gasteiger partial charge in [0.25, 0.3) is 0 Å². The first-order chi connectivity index (χ1) is 10.7. The van der Waals surface area contributed by atoms with Gasteiger partial charge in [-0.3, -0.25) is 4.79 Å². The maximum Gasteiger partial charge on any atom is 0.229 e. The number of nitriles is 1. The fraction of sp³-hybridized carbons (Fsp3) is 0.222. The SMILES string of the molecule is CC1CN(Cc2cccc(C#N)c2)c2ccccc2NC1=O. The molecule has 0 saturated heterocycles. The van der Waals surface area contributed by atoms with Crippen LogP contribution in [-0.2, 0) is 11.3 Å². The molecule has 2 aromatic rings. The lowest BCUT2D eigenvalue weighted by atomic mass is 10.1. The van der Waals surface area contributed by atoms with Gasteiger partial charge in [0.2, 0.25) is 5.91 Å². The molecule has 1 aliphatic rings. The van der Waals surface area contributed by atoms with E-state index in [-0.39, 0.29) is 11.8 Å². The van der Waals surface area contributed by atoms with Crippen molar-refractivity contribution in [3.8, 4) is 6.07 Å². The molecule has 4 heteroatoms. The van der Waals surface area contributed by atoms with E-state index in [0.717, 1.165) is 16.9 Å². The Labute approximate surface area is 130 Å². The highest BCUT2D eigenvalue weighted by Crippen LogP contribution is 2.31. The maximum atomic E-state index is 12.1. The topological polar surface area (TPSA) is 56.1 Å². The molecule has 22 heavy (non-hydrogen) atoms. The van der Waals surface area contributed by atoms with Gasteiger partial charge in [-0.2, -0.15) is 5.26 Å². The van der Waals surface area contributed by atoms with E-state index in [9.17, 15) is 4.79 Å². The number of hydrogen-bond acceptors (Lipinski definition) is 3. The second kappa shape index (κ2) is 5.90. The number of fused-ring (bicyclic) bond motifs is 1. The molecule has 1 aliphatic heterocycles. The highest BCUT2D eigenvalue weighted by atomic mass is 16.1. The Hall–Kier alpha value is -2.80. The summed E-state index contributed by atoms with van der Waals surface area (Å²) >= 11 is 0. The summed E-state index contributed by atoms with van der Waals surface area (Å²) in [6, 6.07) is 17.6. The summed E-state index contributed by atoms with van der Waals surface area (Å²) in [4.78, 5) is 14.3. The van der Waals surface area contributed by atoms with Crippen molar-refractivity contribution in [2.75, 3.05) is 16.8 Å². The largest absolute Gasteiger partial charge is 0.365 e. The zero-order valence-corrected chi connectivity index (χ0v) is 12.4. The van der Waals surface area contributed by atoms with Gasteiger partial charge in [0.15, 0.2) is 0 Å². The fourth-order valence-electron chi connectivity index (χ4n) is 2.73. The van der Waals surface area contributed by atoms with Crippen molar-refractivity contribution in [2.24, 2.45) is 5.92 Å². The molecule has 1 amide bonds. The fourth-order valence-corrected chi connectivity index (χ4v) is 2.73. The molecule has 1 N–H and O–H groups in total. The molecule has 1 atom stereocenters. The van der Waals surface area contributed by atoms with Crippen LogP contribution in [0.15, 0.2) is 48.5 Å². The number of benzene rings is 2. The lowest BCUT2D eigenvalue weighted by Crippen LogP contribution is -2.30. The third kappa shape index (κ3) is 2.79. The van der Waals surface area contributed by atoms with Crippen molar-refractivity contribution in [3.05, 3.63) is 59.7 Å². The van der Waals surface area contributed by atoms with Gasteiger partial charge in [0.1, 0.15) is 0 Å². The summed E-state index contributed by atoms with van der Waals surface area (Å²) in [7, 11) is 0. The van der Waals surface area contributed by atoms with E-state index < -0.39 is 0 Å². The second-order valence-electron chi connectivity index (χ2n) is 5.60. The van der Waals surface area contributed by atoms with Crippen molar-refractivity contribution in [1.82, 2.24) is 0 Å². The van der Waals surface area contributed by atoms with Crippen LogP contribution in [0.5, 0.6) is 0 Å². The van der Waals surface area contributed by atoms with Crippen molar-refractivity contribution in [3.63, 3.8) is 0 Å². The van der Waals surface area contributed by atoms with Crippen LogP contribution in [-0.4, -0.2) is 12.5 Å². The van der Waals surface area contributed by atoms with Gasteiger partial charge < -0.3 is 10.2 Å². The highest BCUT2D eigenvalue weighted by molar-refractivity contribution is 5.97. The number of carbonyl (C=O) groups is 1. The van der Waals surface area contributed by atoms with Crippen molar-refractivity contribution in [1.29, 1.82) is 5.26 Å². The van der Waals surface area contributed by atoms with E-state index >= 15 is 0 Å². The molecule has 0 aliphatic carbocycles. The lowest BCUT2D eigenvalue weighted by molar-refractivity contribution is -0.119. The van der Waals surface area contributed by atoms with Gasteiger partial charge in [0, 0.05) is 13.1 Å². The van der Waals surface area contributed by atoms with E-state index in [0.29, 0.717) is 18.7 Å². The summed E-state index contributed by atoms with van der Waals surface area (Å²) in [5.41, 5.74) is 3.58. The van der Waals surface area contributed by atoms with Gasteiger partial charge in [-0.1, -0.05) is 31.2 Å². The Balaban J connectivity index is 1.94. The molecule has 110 valence electrons. The number of rotatable bonds is 2. The summed E-state index contributed by atoms with van der Waals surface area (Å²) in [5, 5.41) is 12.0. The maximum absolute atomic E-state index is 12.1. The molecular formula is C18H17N3O. The van der Waals surface area contributed by atoms with Crippen LogP contribution in [0.4, 0.5) is 11.4 Å². The van der Waals surface area contributed by atoms with Gasteiger partial charge in [0.05, 0.1) is 28.9 Å². The number of nitrogens with zero attached hydrogens (tertiary/aromatic N) is 2. The van der Waals surface area contributed by atoms with Crippen LogP contribution in [0.1, 0.15) is 18.1 Å². The molecule has 1 unspecified atom stereocenters. The minimum atomic E-state index is -0.0912. The van der Waals surface area contributed by atoms with Crippen LogP contribution in [0.2, 0.25) is 0 Å². The first-order valence-corrected chi connectivity index (χ1v) is 7.31. The van der Waals surface area contributed by atoms with Crippen LogP contribution in [0.3, 0.4) is 0 Å². The zero-order valence-electron chi connectivity index (χ0n) is 12.4. The molecule has 0 bridgehead atoms. The molecule has 1 heterocycles. The number of amides is 1. The van der Waals surface area contributed by atoms with E-state index in [1.54, 1.807) is 6.07 Å². The molecule has 0 spiro atoms. The zero-order chi connectivity index (χ0) is 15.5. The van der Waals surface area contributed by atoms with Crippen molar-refractivity contribution < 1.29 is 4.79 Å². The molecule has 4 nitrogen and oxygen atoms in total. The predicted molar refractivity (Wildman–Crippen MR) is 86.4 cm³/mol. The third-order valence-electron chi connectivity index (χ3n) is 3.87. The Kier molecular flexibility index (Phi) is 3.80. The average Bonchev–Trinajstić information content (AvgIpc) is 2.65. The average molecular weight is 291 g/mol. The Bertz CT molecular complexity index is 748. The summed E-state index contributed by atoms with van der Waals surface area (Å²) < 4.78 is 0. The number of anilines is 2. The van der Waals surface area contributed by atoms with Crippen molar-refractivity contribution >= 4 is 17.3 Å². The van der Waals surface area contributed by atoms with Crippen LogP contribution in [0, 0.1) is 17.2 Å². The van der Waals surface area contributed by atoms with Gasteiger partial charge in [-0.25, -0.2) is 0 Å². The summed E-state index contributed by atoms with van der Waals surface area (Å²) in [6.07, 6.45) is 0. The highest BCUT2D eigenvalue weighted by Gasteiger charge is 2.24. The van der Waals surface area contributed by atoms with E-state index in [1.165, 1.54) is 0 Å². The minimum absolute atomic E-state index is 0.0423. The number of hydrogen-bond donors (Lipinski definition) is 1. The standard InChI is InChI=1S/C18H17N3O/c1-13-11-21(12-15-6-4-5-14(9-15)10-19)17-8-3-2-7-16(17)20-18(13)22/h2-9,13H,11-12H2,1H3,(H,20,22). The van der Waals surface area contributed by atoms with E-state index in [2.05, 4.69) is 16.3 Å². The van der Waals surface area contributed by atoms with Crippen LogP contribution < -0.4 is 10.2 Å². The molecule has 0 aromatic heterocycles. The van der Waals surface area contributed by atoms with E-state index in [1.807, 2.05) is 49.4 Å². The van der Waals surface area contributed by atoms with Gasteiger partial charge in [-0.05, 0) is 29.8 Å². The van der Waals surface area contributed by atoms with Gasteiger partial charge >= 0.3 is 0 Å².